The number of aromatic nitrogens is 2. The highest BCUT2D eigenvalue weighted by Crippen LogP contribution is 2.31. The van der Waals surface area contributed by atoms with Crippen LogP contribution in [-0.2, 0) is 11.8 Å². The molecule has 0 saturated heterocycles. The topological polar surface area (TPSA) is 76.4 Å². The SMILES string of the molecule is COc1ccc(-c2ncn(C)c2-c2ccc(C=CC(=O)NO)cc2)cc1. The molecule has 2 aromatic carbocycles. The van der Waals surface area contributed by atoms with Gasteiger partial charge in [0.25, 0.3) is 5.91 Å². The van der Waals surface area contributed by atoms with Crippen molar-refractivity contribution < 1.29 is 14.7 Å². The number of hydrogen-bond donors (Lipinski definition) is 2. The molecule has 1 amide bonds. The fraction of sp³-hybridized carbons (Fsp3) is 0.100. The number of benzene rings is 2. The second-order valence-corrected chi connectivity index (χ2v) is 5.71. The minimum atomic E-state index is -0.567. The van der Waals surface area contributed by atoms with Crippen molar-refractivity contribution in [2.24, 2.45) is 7.05 Å². The van der Waals surface area contributed by atoms with Gasteiger partial charge in [0.2, 0.25) is 0 Å². The normalized spacial score (nSPS) is 10.9. The van der Waals surface area contributed by atoms with E-state index >= 15 is 0 Å². The van der Waals surface area contributed by atoms with Crippen molar-refractivity contribution >= 4 is 12.0 Å². The third-order valence-corrected chi connectivity index (χ3v) is 4.02. The molecule has 2 N–H and O–H groups in total. The summed E-state index contributed by atoms with van der Waals surface area (Å²) in [7, 11) is 3.59. The average Bonchev–Trinajstić information content (AvgIpc) is 3.08. The van der Waals surface area contributed by atoms with E-state index in [0.717, 1.165) is 33.8 Å². The van der Waals surface area contributed by atoms with Crippen LogP contribution in [0.15, 0.2) is 60.9 Å². The molecule has 0 bridgehead atoms. The van der Waals surface area contributed by atoms with Crippen LogP contribution in [0.4, 0.5) is 0 Å². The number of imidazole rings is 1. The van der Waals surface area contributed by atoms with Gasteiger partial charge in [-0.1, -0.05) is 24.3 Å². The van der Waals surface area contributed by atoms with Gasteiger partial charge >= 0.3 is 0 Å². The van der Waals surface area contributed by atoms with Gasteiger partial charge in [-0.25, -0.2) is 10.5 Å². The van der Waals surface area contributed by atoms with Crippen molar-refractivity contribution in [1.29, 1.82) is 0 Å². The summed E-state index contributed by atoms with van der Waals surface area (Å²) in [5, 5.41) is 8.52. The van der Waals surface area contributed by atoms with Crippen molar-refractivity contribution in [2.75, 3.05) is 7.11 Å². The lowest BCUT2D eigenvalue weighted by Crippen LogP contribution is -2.14. The van der Waals surface area contributed by atoms with Gasteiger partial charge in [0.1, 0.15) is 5.75 Å². The number of hydroxylamine groups is 1. The van der Waals surface area contributed by atoms with Gasteiger partial charge in [-0.05, 0) is 35.9 Å². The number of nitrogens with one attached hydrogen (secondary N) is 1. The Hall–Kier alpha value is -3.38. The maximum atomic E-state index is 11.1. The Kier molecular flexibility index (Phi) is 5.15. The number of methoxy groups -OCH3 is 1. The molecule has 3 aromatic rings. The van der Waals surface area contributed by atoms with Crippen LogP contribution in [0.2, 0.25) is 0 Å². The summed E-state index contributed by atoms with van der Waals surface area (Å²) in [5.74, 6) is 0.233. The smallest absolute Gasteiger partial charge is 0.267 e. The molecular weight excluding hydrogens is 330 g/mol. The largest absolute Gasteiger partial charge is 0.497 e. The van der Waals surface area contributed by atoms with Gasteiger partial charge in [-0.15, -0.1) is 0 Å². The number of ether oxygens (including phenoxy) is 1. The zero-order valence-electron chi connectivity index (χ0n) is 14.5. The first-order valence-corrected chi connectivity index (χ1v) is 8.00. The molecule has 1 aromatic heterocycles. The van der Waals surface area contributed by atoms with Crippen LogP contribution >= 0.6 is 0 Å². The van der Waals surface area contributed by atoms with Crippen molar-refractivity contribution in [3.05, 3.63) is 66.5 Å². The van der Waals surface area contributed by atoms with E-state index in [9.17, 15) is 4.79 Å². The Labute approximate surface area is 151 Å². The number of nitrogens with zero attached hydrogens (tertiary/aromatic N) is 2. The summed E-state index contributed by atoms with van der Waals surface area (Å²) in [6.45, 7) is 0. The molecule has 1 heterocycles. The number of amides is 1. The Morgan fingerprint density at radius 1 is 1.12 bits per heavy atom. The predicted molar refractivity (Wildman–Crippen MR) is 99.6 cm³/mol. The first-order valence-electron chi connectivity index (χ1n) is 8.00. The molecule has 26 heavy (non-hydrogen) atoms. The van der Waals surface area contributed by atoms with E-state index in [1.54, 1.807) is 25.0 Å². The molecule has 132 valence electrons. The summed E-state index contributed by atoms with van der Waals surface area (Å²) >= 11 is 0. The first-order chi connectivity index (χ1) is 12.6. The van der Waals surface area contributed by atoms with E-state index < -0.39 is 5.91 Å². The monoisotopic (exact) mass is 349 g/mol. The van der Waals surface area contributed by atoms with Gasteiger partial charge in [0.15, 0.2) is 0 Å². The van der Waals surface area contributed by atoms with E-state index in [2.05, 4.69) is 4.98 Å². The zero-order chi connectivity index (χ0) is 18.5. The molecule has 0 aliphatic carbocycles. The van der Waals surface area contributed by atoms with E-state index in [-0.39, 0.29) is 0 Å². The Morgan fingerprint density at radius 3 is 2.38 bits per heavy atom. The Bertz CT molecular complexity index is 926. The summed E-state index contributed by atoms with van der Waals surface area (Å²) in [6.07, 6.45) is 4.68. The molecule has 3 rings (SSSR count). The molecule has 0 atom stereocenters. The fourth-order valence-electron chi connectivity index (χ4n) is 2.69. The highest BCUT2D eigenvalue weighted by molar-refractivity contribution is 5.91. The molecule has 6 nitrogen and oxygen atoms in total. The van der Waals surface area contributed by atoms with Gasteiger partial charge in [0, 0.05) is 24.3 Å². The number of carbonyl (C=O) groups is 1. The minimum Gasteiger partial charge on any atom is -0.497 e. The average molecular weight is 349 g/mol. The van der Waals surface area contributed by atoms with Gasteiger partial charge in [-0.2, -0.15) is 0 Å². The molecule has 6 heteroatoms. The summed E-state index contributed by atoms with van der Waals surface area (Å²) in [4.78, 5) is 15.6. The molecule has 0 aliphatic rings. The van der Waals surface area contributed by atoms with E-state index in [1.165, 1.54) is 6.08 Å². The maximum Gasteiger partial charge on any atom is 0.267 e. The number of rotatable bonds is 5. The van der Waals surface area contributed by atoms with E-state index in [0.29, 0.717) is 0 Å². The van der Waals surface area contributed by atoms with Crippen LogP contribution in [0, 0.1) is 0 Å². The molecular formula is C20H19N3O3. The van der Waals surface area contributed by atoms with Crippen LogP contribution in [0.5, 0.6) is 5.75 Å². The number of aryl methyl sites for hydroxylation is 1. The molecule has 0 unspecified atom stereocenters. The maximum absolute atomic E-state index is 11.1. The third-order valence-electron chi connectivity index (χ3n) is 4.02. The van der Waals surface area contributed by atoms with Crippen molar-refractivity contribution in [3.63, 3.8) is 0 Å². The molecule has 0 fully saturated rings. The van der Waals surface area contributed by atoms with Crippen molar-refractivity contribution in [2.45, 2.75) is 0 Å². The lowest BCUT2D eigenvalue weighted by Gasteiger charge is -2.08. The Morgan fingerprint density at radius 2 is 1.77 bits per heavy atom. The van der Waals surface area contributed by atoms with Crippen molar-refractivity contribution in [1.82, 2.24) is 15.0 Å². The standard InChI is InChI=1S/C20H19N3O3/c1-23-13-21-19(15-8-10-17(26-2)11-9-15)20(23)16-6-3-14(4-7-16)5-12-18(24)22-25/h3-13,25H,1-2H3,(H,22,24). The second-order valence-electron chi connectivity index (χ2n) is 5.71. The van der Waals surface area contributed by atoms with Crippen LogP contribution in [0.3, 0.4) is 0 Å². The quantitative estimate of drug-likeness (QED) is 0.421. The Balaban J connectivity index is 1.93. The van der Waals surface area contributed by atoms with E-state index in [4.69, 9.17) is 9.94 Å². The lowest BCUT2D eigenvalue weighted by molar-refractivity contribution is -0.124. The highest BCUT2D eigenvalue weighted by Gasteiger charge is 2.13. The molecule has 0 radical (unpaired) electrons. The van der Waals surface area contributed by atoms with Crippen LogP contribution in [0.1, 0.15) is 5.56 Å². The number of hydrogen-bond acceptors (Lipinski definition) is 4. The lowest BCUT2D eigenvalue weighted by atomic mass is 10.0. The fourth-order valence-corrected chi connectivity index (χ4v) is 2.69. The number of carbonyl (C=O) groups excluding carboxylic acids is 1. The minimum absolute atomic E-state index is 0.567. The molecule has 0 aliphatic heterocycles. The van der Waals surface area contributed by atoms with Gasteiger partial charge < -0.3 is 9.30 Å². The summed E-state index contributed by atoms with van der Waals surface area (Å²) in [5.41, 5.74) is 6.32. The van der Waals surface area contributed by atoms with Gasteiger partial charge in [0.05, 0.1) is 24.8 Å². The summed E-state index contributed by atoms with van der Waals surface area (Å²) < 4.78 is 7.19. The highest BCUT2D eigenvalue weighted by atomic mass is 16.5. The van der Waals surface area contributed by atoms with Crippen LogP contribution in [-0.4, -0.2) is 27.8 Å². The third kappa shape index (κ3) is 3.65. The molecule has 0 spiro atoms. The van der Waals surface area contributed by atoms with E-state index in [1.807, 2.05) is 60.1 Å². The molecule has 0 saturated carbocycles. The predicted octanol–water partition coefficient (Wildman–Crippen LogP) is 3.28. The van der Waals surface area contributed by atoms with Crippen LogP contribution in [0.25, 0.3) is 28.6 Å². The second kappa shape index (κ2) is 7.67. The zero-order valence-corrected chi connectivity index (χ0v) is 14.5. The first kappa shape index (κ1) is 17.4. The summed E-state index contributed by atoms with van der Waals surface area (Å²) in [6, 6.07) is 15.5. The van der Waals surface area contributed by atoms with Gasteiger partial charge in [-0.3, -0.25) is 10.0 Å². The van der Waals surface area contributed by atoms with Crippen LogP contribution < -0.4 is 10.2 Å². The van der Waals surface area contributed by atoms with Crippen molar-refractivity contribution in [3.8, 4) is 28.3 Å².